The van der Waals surface area contributed by atoms with Gasteiger partial charge < -0.3 is 14.9 Å². The quantitative estimate of drug-likeness (QED) is 0.695. The Morgan fingerprint density at radius 3 is 2.50 bits per heavy atom. The fourth-order valence-electron chi connectivity index (χ4n) is 5.02. The molecule has 2 saturated carbocycles. The van der Waals surface area contributed by atoms with Crippen LogP contribution < -0.4 is 0 Å². The number of ether oxygens (including phenoxy) is 1. The van der Waals surface area contributed by atoms with Crippen molar-refractivity contribution in [2.75, 3.05) is 6.61 Å². The number of hydrogen-bond donors (Lipinski definition) is 2. The van der Waals surface area contributed by atoms with Crippen molar-refractivity contribution in [1.29, 1.82) is 0 Å². The Kier molecular flexibility index (Phi) is 2.66. The molecule has 1 aliphatic heterocycles. The summed E-state index contributed by atoms with van der Waals surface area (Å²) in [6.07, 6.45) is 1.07. The van der Waals surface area contributed by atoms with Crippen molar-refractivity contribution in [3.63, 3.8) is 0 Å². The van der Waals surface area contributed by atoms with Gasteiger partial charge in [-0.15, -0.1) is 0 Å². The van der Waals surface area contributed by atoms with Gasteiger partial charge in [0.15, 0.2) is 6.29 Å². The summed E-state index contributed by atoms with van der Waals surface area (Å²) in [4.78, 5) is 0. The molecule has 0 radical (unpaired) electrons. The predicted octanol–water partition coefficient (Wildman–Crippen LogP) is 2.02. The van der Waals surface area contributed by atoms with Crippen LogP contribution in [0.5, 0.6) is 0 Å². The molecule has 3 rings (SSSR count). The molecule has 18 heavy (non-hydrogen) atoms. The summed E-state index contributed by atoms with van der Waals surface area (Å²) in [6, 6.07) is 0. The average molecular weight is 254 g/mol. The van der Waals surface area contributed by atoms with E-state index in [9.17, 15) is 10.2 Å². The highest BCUT2D eigenvalue weighted by Gasteiger charge is 2.67. The molecular formula is C15H26O3. The number of hydrogen-bond acceptors (Lipinski definition) is 3. The van der Waals surface area contributed by atoms with E-state index in [1.54, 1.807) is 0 Å². The van der Waals surface area contributed by atoms with E-state index < -0.39 is 11.9 Å². The lowest BCUT2D eigenvalue weighted by molar-refractivity contribution is -0.242. The first-order valence-electron chi connectivity index (χ1n) is 7.29. The maximum Gasteiger partial charge on any atom is 0.160 e. The Morgan fingerprint density at radius 2 is 1.83 bits per heavy atom. The first-order chi connectivity index (χ1) is 8.27. The molecule has 2 aliphatic carbocycles. The topological polar surface area (TPSA) is 49.7 Å². The lowest BCUT2D eigenvalue weighted by Gasteiger charge is -2.46. The third-order valence-corrected chi connectivity index (χ3v) is 6.14. The van der Waals surface area contributed by atoms with Crippen molar-refractivity contribution in [2.45, 2.75) is 52.4 Å². The second-order valence-electron chi connectivity index (χ2n) is 7.65. The van der Waals surface area contributed by atoms with Gasteiger partial charge in [-0.1, -0.05) is 20.8 Å². The first kappa shape index (κ1) is 12.9. The van der Waals surface area contributed by atoms with Gasteiger partial charge in [0, 0.05) is 5.92 Å². The van der Waals surface area contributed by atoms with E-state index in [2.05, 4.69) is 20.8 Å². The second-order valence-corrected chi connectivity index (χ2v) is 7.65. The number of aliphatic hydroxyl groups excluding tert-OH is 1. The maximum absolute atomic E-state index is 10.7. The van der Waals surface area contributed by atoms with Gasteiger partial charge in [0.1, 0.15) is 0 Å². The van der Waals surface area contributed by atoms with Crippen molar-refractivity contribution in [2.24, 2.45) is 35.0 Å². The van der Waals surface area contributed by atoms with E-state index in [4.69, 9.17) is 4.74 Å². The molecule has 3 aliphatic rings. The van der Waals surface area contributed by atoms with Gasteiger partial charge in [0.25, 0.3) is 0 Å². The summed E-state index contributed by atoms with van der Waals surface area (Å²) in [5.41, 5.74) is -0.410. The average Bonchev–Trinajstić information content (AvgIpc) is 2.83. The van der Waals surface area contributed by atoms with Crippen LogP contribution in [0.25, 0.3) is 0 Å². The third-order valence-electron chi connectivity index (χ3n) is 6.14. The zero-order chi connectivity index (χ0) is 13.3. The lowest BCUT2D eigenvalue weighted by Crippen LogP contribution is -2.53. The summed E-state index contributed by atoms with van der Waals surface area (Å²) in [5, 5.41) is 20.9. The van der Waals surface area contributed by atoms with Crippen molar-refractivity contribution in [3.8, 4) is 0 Å². The van der Waals surface area contributed by atoms with Gasteiger partial charge >= 0.3 is 0 Å². The van der Waals surface area contributed by atoms with E-state index in [0.717, 1.165) is 12.8 Å². The van der Waals surface area contributed by atoms with Crippen LogP contribution in [0.3, 0.4) is 0 Å². The molecule has 3 fully saturated rings. The Morgan fingerprint density at radius 1 is 1.17 bits per heavy atom. The number of rotatable bonds is 0. The minimum absolute atomic E-state index is 0.127. The maximum atomic E-state index is 10.7. The second kappa shape index (κ2) is 3.71. The van der Waals surface area contributed by atoms with E-state index in [0.29, 0.717) is 35.7 Å². The van der Waals surface area contributed by atoms with Gasteiger partial charge in [0.05, 0.1) is 12.2 Å². The van der Waals surface area contributed by atoms with E-state index in [-0.39, 0.29) is 5.92 Å². The molecule has 0 amide bonds. The molecule has 0 bridgehead atoms. The smallest absolute Gasteiger partial charge is 0.160 e. The highest BCUT2D eigenvalue weighted by Crippen LogP contribution is 2.69. The predicted molar refractivity (Wildman–Crippen MR) is 68.7 cm³/mol. The van der Waals surface area contributed by atoms with Crippen LogP contribution in [-0.4, -0.2) is 28.7 Å². The molecular weight excluding hydrogens is 228 g/mol. The summed E-state index contributed by atoms with van der Waals surface area (Å²) in [7, 11) is 0. The van der Waals surface area contributed by atoms with Gasteiger partial charge in [-0.25, -0.2) is 0 Å². The van der Waals surface area contributed by atoms with Crippen molar-refractivity contribution in [1.82, 2.24) is 0 Å². The Bertz CT molecular complexity index is 350. The molecule has 0 spiro atoms. The largest absolute Gasteiger partial charge is 0.390 e. The third kappa shape index (κ3) is 1.60. The standard InChI is InChI=1S/C15H26O3/c1-8-7-18-13(16)12-10(8)11-9(14(11,2)3)5-6-15(12,4)17/h8-13,16-17H,5-7H2,1-4H3. The lowest BCUT2D eigenvalue weighted by atomic mass is 9.68. The summed E-state index contributed by atoms with van der Waals surface area (Å²) >= 11 is 0. The monoisotopic (exact) mass is 254 g/mol. The SMILES string of the molecule is CC1COC(O)C2C1C1C(CCC2(C)O)C1(C)C. The van der Waals surface area contributed by atoms with Crippen LogP contribution >= 0.6 is 0 Å². The molecule has 104 valence electrons. The Labute approximate surface area is 110 Å². The van der Waals surface area contributed by atoms with Crippen LogP contribution in [0.15, 0.2) is 0 Å². The normalized spacial score (nSPS) is 58.3. The summed E-state index contributed by atoms with van der Waals surface area (Å²) in [5.74, 6) is 2.05. The van der Waals surface area contributed by atoms with Crippen molar-refractivity contribution >= 4 is 0 Å². The summed E-state index contributed by atoms with van der Waals surface area (Å²) < 4.78 is 5.48. The van der Waals surface area contributed by atoms with Crippen molar-refractivity contribution < 1.29 is 14.9 Å². The van der Waals surface area contributed by atoms with Gasteiger partial charge in [0.2, 0.25) is 0 Å². The molecule has 1 saturated heterocycles. The van der Waals surface area contributed by atoms with Crippen LogP contribution in [0.4, 0.5) is 0 Å². The Hall–Kier alpha value is -0.120. The molecule has 0 aromatic carbocycles. The molecule has 2 N–H and O–H groups in total. The fraction of sp³-hybridized carbons (Fsp3) is 1.00. The van der Waals surface area contributed by atoms with E-state index >= 15 is 0 Å². The van der Waals surface area contributed by atoms with E-state index in [1.165, 1.54) is 0 Å². The highest BCUT2D eigenvalue weighted by molar-refractivity contribution is 5.14. The molecule has 0 aromatic heterocycles. The van der Waals surface area contributed by atoms with Crippen LogP contribution in [0, 0.1) is 35.0 Å². The van der Waals surface area contributed by atoms with Gasteiger partial charge in [-0.05, 0) is 48.9 Å². The molecule has 7 unspecified atom stereocenters. The number of fused-ring (bicyclic) bond motifs is 3. The molecule has 7 atom stereocenters. The van der Waals surface area contributed by atoms with Gasteiger partial charge in [-0.2, -0.15) is 0 Å². The molecule has 3 heteroatoms. The minimum atomic E-state index is -0.795. The number of aliphatic hydroxyl groups is 2. The van der Waals surface area contributed by atoms with Gasteiger partial charge in [-0.3, -0.25) is 0 Å². The molecule has 1 heterocycles. The summed E-state index contributed by atoms with van der Waals surface area (Å²) in [6.45, 7) is 9.39. The van der Waals surface area contributed by atoms with Crippen molar-refractivity contribution in [3.05, 3.63) is 0 Å². The zero-order valence-corrected chi connectivity index (χ0v) is 11.9. The van der Waals surface area contributed by atoms with E-state index in [1.807, 2.05) is 6.92 Å². The first-order valence-corrected chi connectivity index (χ1v) is 7.29. The van der Waals surface area contributed by atoms with Crippen LogP contribution in [0.1, 0.15) is 40.5 Å². The fourth-order valence-corrected chi connectivity index (χ4v) is 5.02. The van der Waals surface area contributed by atoms with Crippen LogP contribution in [0.2, 0.25) is 0 Å². The molecule has 3 nitrogen and oxygen atoms in total. The zero-order valence-electron chi connectivity index (χ0n) is 11.9. The Balaban J connectivity index is 1.98. The minimum Gasteiger partial charge on any atom is -0.390 e. The highest BCUT2D eigenvalue weighted by atomic mass is 16.6. The molecule has 0 aromatic rings. The van der Waals surface area contributed by atoms with Crippen LogP contribution in [-0.2, 0) is 4.74 Å².